The summed E-state index contributed by atoms with van der Waals surface area (Å²) < 4.78 is 0. The molecule has 1 aromatic carbocycles. The van der Waals surface area contributed by atoms with Gasteiger partial charge in [0.25, 0.3) is 11.1 Å². The highest BCUT2D eigenvalue weighted by Gasteiger charge is 2.01. The van der Waals surface area contributed by atoms with E-state index in [1.807, 2.05) is 27.7 Å². The number of benzene rings is 1. The van der Waals surface area contributed by atoms with E-state index in [1.165, 1.54) is 17.5 Å². The van der Waals surface area contributed by atoms with Gasteiger partial charge in [0.1, 0.15) is 5.48 Å². The Balaban J connectivity index is 0.000000418. The molecule has 0 spiro atoms. The van der Waals surface area contributed by atoms with E-state index in [0.29, 0.717) is 0 Å². The molecule has 0 saturated carbocycles. The van der Waals surface area contributed by atoms with Crippen LogP contribution in [0.2, 0.25) is 0 Å². The molecule has 1 aliphatic rings. The van der Waals surface area contributed by atoms with Crippen molar-refractivity contribution in [1.82, 2.24) is 15.3 Å². The summed E-state index contributed by atoms with van der Waals surface area (Å²) in [5, 5.41) is 13.8. The van der Waals surface area contributed by atoms with Gasteiger partial charge in [-0.25, -0.2) is 0 Å². The van der Waals surface area contributed by atoms with E-state index in [4.69, 9.17) is 5.11 Å². The Morgan fingerprint density at radius 2 is 1.42 bits per heavy atom. The van der Waals surface area contributed by atoms with Gasteiger partial charge in [0, 0.05) is 7.05 Å². The van der Waals surface area contributed by atoms with Crippen LogP contribution in [-0.4, -0.2) is 22.1 Å². The fourth-order valence-corrected chi connectivity index (χ4v) is 2.07. The van der Waals surface area contributed by atoms with Gasteiger partial charge in [-0.3, -0.25) is 9.59 Å². The number of aromatic nitrogens is 2. The van der Waals surface area contributed by atoms with Crippen molar-refractivity contribution in [2.75, 3.05) is 7.05 Å². The van der Waals surface area contributed by atoms with Gasteiger partial charge in [0.05, 0.1) is 0 Å². The largest absolute Gasteiger partial charge is 0.494 e. The van der Waals surface area contributed by atoms with Gasteiger partial charge in [-0.2, -0.15) is 0 Å². The molecule has 0 atom stereocenters. The Morgan fingerprint density at radius 1 is 1.00 bits per heavy atom. The van der Waals surface area contributed by atoms with Crippen LogP contribution in [0.4, 0.5) is 0 Å². The zero-order chi connectivity index (χ0) is 20.1. The first kappa shape index (κ1) is 23.0. The van der Waals surface area contributed by atoms with Crippen LogP contribution >= 0.6 is 0 Å². The van der Waals surface area contributed by atoms with Crippen molar-refractivity contribution in [1.29, 1.82) is 0 Å². The predicted octanol–water partition coefficient (Wildman–Crippen LogP) is 0.0203. The molecular weight excluding hydrogens is 330 g/mol. The van der Waals surface area contributed by atoms with Crippen LogP contribution in [-0.2, 0) is 0 Å². The Morgan fingerprint density at radius 3 is 1.81 bits per heavy atom. The lowest BCUT2D eigenvalue weighted by Crippen LogP contribution is -2.50. The molecule has 26 heavy (non-hydrogen) atoms. The zero-order valence-electron chi connectivity index (χ0n) is 16.1. The number of aromatic amines is 2. The molecule has 0 bridgehead atoms. The van der Waals surface area contributed by atoms with Crippen molar-refractivity contribution >= 4 is 24.6 Å². The van der Waals surface area contributed by atoms with E-state index < -0.39 is 17.0 Å². The lowest BCUT2D eigenvalue weighted by atomic mass is 10.3. The topological polar surface area (TPSA) is 98.0 Å². The van der Waals surface area contributed by atoms with Crippen molar-refractivity contribution in [3.63, 3.8) is 0 Å². The number of aliphatic hydroxyl groups excluding tert-OH is 1. The molecule has 0 radical (unpaired) electrons. The third kappa shape index (κ3) is 6.47. The number of rotatable bonds is 1. The number of hydrogen-bond donors (Lipinski definition) is 4. The highest BCUT2D eigenvalue weighted by atomic mass is 16.3. The second-order valence-electron chi connectivity index (χ2n) is 4.63. The van der Waals surface area contributed by atoms with E-state index >= 15 is 0 Å². The molecule has 6 heteroatoms. The molecule has 142 valence electrons. The van der Waals surface area contributed by atoms with Crippen LogP contribution in [0.15, 0.2) is 33.9 Å². The van der Waals surface area contributed by atoms with E-state index in [2.05, 4.69) is 58.3 Å². The third-order valence-corrected chi connectivity index (χ3v) is 3.13. The molecule has 1 aromatic heterocycles. The second kappa shape index (κ2) is 12.4. The summed E-state index contributed by atoms with van der Waals surface area (Å²) in [5.41, 5.74) is -1.26. The summed E-state index contributed by atoms with van der Waals surface area (Å²) in [7, 11) is 1.40. The van der Waals surface area contributed by atoms with Crippen molar-refractivity contribution < 1.29 is 5.11 Å². The molecule has 2 aromatic rings. The fourth-order valence-electron chi connectivity index (χ4n) is 2.07. The maximum Gasteiger partial charge on any atom is 0.267 e. The Labute approximate surface area is 152 Å². The number of nitrogens with one attached hydrogen (secondary N) is 3. The highest BCUT2D eigenvalue weighted by Crippen LogP contribution is 1.87. The van der Waals surface area contributed by atoms with Gasteiger partial charge in [-0.05, 0) is 16.9 Å². The number of aliphatic hydroxyl groups is 1. The van der Waals surface area contributed by atoms with Crippen molar-refractivity contribution in [2.45, 2.75) is 34.1 Å². The molecule has 6 nitrogen and oxygen atoms in total. The standard InChI is InChI=1S/C9H8.C7H9N3O3.2C2H6/c1-2-5-9-7-3-6-8(9)4-1;1-3-9-6(12)4(5(11)8-2)7(13)10-3;2*1-2/h1-2,4-7H,3H2;8,11H,1H2,2H3,(H,9,12)(H,10,13);2*1-2H3. The molecular formula is C20H29N3O3. The monoisotopic (exact) mass is 359 g/mol. The quantitative estimate of drug-likeness (QED) is 0.577. The summed E-state index contributed by atoms with van der Waals surface area (Å²) in [6.45, 7) is 11.3. The molecule has 1 heterocycles. The van der Waals surface area contributed by atoms with Crippen LogP contribution in [0, 0.1) is 0 Å². The average molecular weight is 359 g/mol. The predicted molar refractivity (Wildman–Crippen MR) is 109 cm³/mol. The van der Waals surface area contributed by atoms with Crippen LogP contribution in [0.5, 0.6) is 0 Å². The first-order chi connectivity index (χ1) is 12.5. The minimum Gasteiger partial charge on any atom is -0.494 e. The average Bonchev–Trinajstić information content (AvgIpc) is 3.13. The third-order valence-electron chi connectivity index (χ3n) is 3.13. The van der Waals surface area contributed by atoms with E-state index in [0.717, 1.165) is 6.42 Å². The van der Waals surface area contributed by atoms with E-state index in [-0.39, 0.29) is 10.7 Å². The molecule has 0 saturated heterocycles. The van der Waals surface area contributed by atoms with Crippen molar-refractivity contribution in [3.8, 4) is 0 Å². The lowest BCUT2D eigenvalue weighted by Gasteiger charge is -1.94. The van der Waals surface area contributed by atoms with Crippen LogP contribution in [0.3, 0.4) is 0 Å². The minimum absolute atomic E-state index is 0.0997. The van der Waals surface area contributed by atoms with Crippen LogP contribution in [0.1, 0.15) is 34.1 Å². The zero-order valence-corrected chi connectivity index (χ0v) is 16.1. The summed E-state index contributed by atoms with van der Waals surface area (Å²) in [6.07, 6.45) is 5.60. The van der Waals surface area contributed by atoms with Gasteiger partial charge in [-0.15, -0.1) is 0 Å². The van der Waals surface area contributed by atoms with Gasteiger partial charge < -0.3 is 20.4 Å². The molecule has 4 N–H and O–H groups in total. The van der Waals surface area contributed by atoms with E-state index in [9.17, 15) is 9.59 Å². The smallest absolute Gasteiger partial charge is 0.267 e. The summed E-state index contributed by atoms with van der Waals surface area (Å²) >= 11 is 0. The van der Waals surface area contributed by atoms with Crippen LogP contribution < -0.4 is 37.6 Å². The number of hydrogen-bond acceptors (Lipinski definition) is 4. The fraction of sp³-hybridized carbons (Fsp3) is 0.300. The van der Waals surface area contributed by atoms with Crippen molar-refractivity contribution in [2.24, 2.45) is 0 Å². The van der Waals surface area contributed by atoms with Gasteiger partial charge in [0.2, 0.25) is 5.88 Å². The first-order valence-electron chi connectivity index (χ1n) is 8.71. The highest BCUT2D eigenvalue weighted by molar-refractivity contribution is 5.45. The SMILES string of the molecule is C1=c2ccccc2=CC1.C=c1[nH]c(=O)c(=C(O)NC)c(=O)[nH]1.CC.CC. The van der Waals surface area contributed by atoms with Gasteiger partial charge in [-0.1, -0.05) is 70.7 Å². The minimum atomic E-state index is -0.680. The van der Waals surface area contributed by atoms with Crippen LogP contribution in [0.25, 0.3) is 24.6 Å². The van der Waals surface area contributed by atoms with Gasteiger partial charge in [0.15, 0.2) is 5.22 Å². The Hall–Kier alpha value is -3.02. The molecule has 3 rings (SSSR count). The molecule has 0 aliphatic heterocycles. The Kier molecular flexibility index (Phi) is 10.9. The van der Waals surface area contributed by atoms with E-state index in [1.54, 1.807) is 0 Å². The van der Waals surface area contributed by atoms with Gasteiger partial charge >= 0.3 is 0 Å². The molecule has 0 fully saturated rings. The summed E-state index contributed by atoms with van der Waals surface area (Å²) in [5.74, 6) is -0.470. The molecule has 0 amide bonds. The van der Waals surface area contributed by atoms with Crippen molar-refractivity contribution in [3.05, 3.63) is 66.1 Å². The summed E-state index contributed by atoms with van der Waals surface area (Å²) in [6, 6.07) is 8.46. The molecule has 1 aliphatic carbocycles. The first-order valence-corrected chi connectivity index (χ1v) is 8.71. The summed E-state index contributed by atoms with van der Waals surface area (Å²) in [4.78, 5) is 26.8. The lowest BCUT2D eigenvalue weighted by molar-refractivity contribution is 0.467. The normalized spacial score (nSPS) is 10.0. The second-order valence-corrected chi connectivity index (χ2v) is 4.63. The maximum absolute atomic E-state index is 11.1. The Bertz CT molecular complexity index is 947. The maximum atomic E-state index is 11.1. The number of fused-ring (bicyclic) bond motifs is 1. The number of H-pyrrole nitrogens is 2. The molecule has 0 unspecified atom stereocenters.